The Morgan fingerprint density at radius 1 is 1.35 bits per heavy atom. The molecular weight excluding hydrogens is 400 g/mol. The Balaban J connectivity index is 1.73. The number of amides is 2. The number of carbonyl (C=O) groups excluding carboxylic acids is 2. The number of rotatable bonds is 7. The Morgan fingerprint density at radius 3 is 2.85 bits per heavy atom. The van der Waals surface area contributed by atoms with Gasteiger partial charge in [-0.25, -0.2) is 0 Å². The van der Waals surface area contributed by atoms with Crippen LogP contribution in [-0.2, 0) is 20.9 Å². The summed E-state index contributed by atoms with van der Waals surface area (Å²) in [6.07, 6.45) is 1.80. The van der Waals surface area contributed by atoms with Crippen molar-refractivity contribution in [3.63, 3.8) is 0 Å². The van der Waals surface area contributed by atoms with Crippen LogP contribution >= 0.6 is 15.9 Å². The zero-order chi connectivity index (χ0) is 18.5. The Labute approximate surface area is 160 Å². The lowest BCUT2D eigenvalue weighted by Crippen LogP contribution is -2.39. The third-order valence-electron chi connectivity index (χ3n) is 4.42. The van der Waals surface area contributed by atoms with E-state index in [4.69, 9.17) is 9.15 Å². The number of benzene rings is 1. The minimum absolute atomic E-state index is 0.0417. The van der Waals surface area contributed by atoms with Crippen molar-refractivity contribution in [3.8, 4) is 0 Å². The summed E-state index contributed by atoms with van der Waals surface area (Å²) in [7, 11) is 1.60. The third kappa shape index (κ3) is 4.16. The second-order valence-corrected chi connectivity index (χ2v) is 7.04. The highest BCUT2D eigenvalue weighted by Gasteiger charge is 2.37. The van der Waals surface area contributed by atoms with Gasteiger partial charge in [-0.05, 0) is 40.2 Å². The van der Waals surface area contributed by atoms with Crippen molar-refractivity contribution in [2.75, 3.05) is 31.7 Å². The van der Waals surface area contributed by atoms with Gasteiger partial charge in [-0.3, -0.25) is 9.59 Å². The Morgan fingerprint density at radius 2 is 2.15 bits per heavy atom. The van der Waals surface area contributed by atoms with Gasteiger partial charge in [-0.1, -0.05) is 12.1 Å². The molecule has 1 atom stereocenters. The highest BCUT2D eigenvalue weighted by Crippen LogP contribution is 2.32. The summed E-state index contributed by atoms with van der Waals surface area (Å²) < 4.78 is 11.3. The number of hydrogen-bond acceptors (Lipinski definition) is 4. The van der Waals surface area contributed by atoms with E-state index in [0.717, 1.165) is 10.2 Å². The van der Waals surface area contributed by atoms with Crippen LogP contribution in [0.15, 0.2) is 51.6 Å². The van der Waals surface area contributed by atoms with E-state index in [-0.39, 0.29) is 24.2 Å². The molecule has 1 aliphatic rings. The number of halogens is 1. The highest BCUT2D eigenvalue weighted by molar-refractivity contribution is 9.10. The largest absolute Gasteiger partial charge is 0.467 e. The smallest absolute Gasteiger partial charge is 0.228 e. The van der Waals surface area contributed by atoms with E-state index in [1.54, 1.807) is 29.2 Å². The van der Waals surface area contributed by atoms with Gasteiger partial charge in [0, 0.05) is 31.1 Å². The van der Waals surface area contributed by atoms with Gasteiger partial charge in [0.25, 0.3) is 0 Å². The molecular formula is C19H21BrN2O4. The molecule has 0 spiro atoms. The summed E-state index contributed by atoms with van der Waals surface area (Å²) in [6, 6.07) is 11.2. The lowest BCUT2D eigenvalue weighted by molar-refractivity contribution is -0.137. The molecule has 2 amide bonds. The second kappa shape index (κ2) is 8.51. The summed E-state index contributed by atoms with van der Waals surface area (Å²) in [4.78, 5) is 28.9. The van der Waals surface area contributed by atoms with Crippen LogP contribution in [0.4, 0.5) is 5.69 Å². The van der Waals surface area contributed by atoms with Crippen molar-refractivity contribution in [2.24, 2.45) is 5.92 Å². The molecule has 0 radical (unpaired) electrons. The van der Waals surface area contributed by atoms with Crippen LogP contribution in [0.5, 0.6) is 0 Å². The third-order valence-corrected chi connectivity index (χ3v) is 5.09. The zero-order valence-corrected chi connectivity index (χ0v) is 16.1. The zero-order valence-electron chi connectivity index (χ0n) is 14.6. The lowest BCUT2D eigenvalue weighted by atomic mass is 10.1. The summed E-state index contributed by atoms with van der Waals surface area (Å²) in [5.74, 6) is 0.240. The first-order valence-corrected chi connectivity index (χ1v) is 9.24. The molecule has 138 valence electrons. The maximum atomic E-state index is 13.0. The first kappa shape index (κ1) is 18.7. The van der Waals surface area contributed by atoms with Crippen molar-refractivity contribution in [1.82, 2.24) is 4.90 Å². The molecule has 6 nitrogen and oxygen atoms in total. The van der Waals surface area contributed by atoms with Crippen molar-refractivity contribution in [1.29, 1.82) is 0 Å². The van der Waals surface area contributed by atoms with Crippen LogP contribution in [0.1, 0.15) is 12.2 Å². The molecule has 2 aromatic rings. The lowest BCUT2D eigenvalue weighted by Gasteiger charge is -2.24. The summed E-state index contributed by atoms with van der Waals surface area (Å²) in [5, 5.41) is 0. The predicted molar refractivity (Wildman–Crippen MR) is 101 cm³/mol. The van der Waals surface area contributed by atoms with Crippen LogP contribution in [0.2, 0.25) is 0 Å². The predicted octanol–water partition coefficient (Wildman–Crippen LogP) is 3.07. The molecule has 1 aromatic carbocycles. The van der Waals surface area contributed by atoms with Gasteiger partial charge in [0.15, 0.2) is 0 Å². The highest BCUT2D eigenvalue weighted by atomic mass is 79.9. The SMILES string of the molecule is COCCN(Cc1ccco1)C(=O)[C@H]1CC(=O)N(c2ccccc2Br)C1. The van der Waals surface area contributed by atoms with Crippen LogP contribution in [0, 0.1) is 5.92 Å². The van der Waals surface area contributed by atoms with E-state index < -0.39 is 0 Å². The number of hydrogen-bond donors (Lipinski definition) is 0. The number of methoxy groups -OCH3 is 1. The minimum atomic E-state index is -0.374. The van der Waals surface area contributed by atoms with E-state index in [1.165, 1.54) is 0 Å². The van der Waals surface area contributed by atoms with Crippen molar-refractivity contribution in [2.45, 2.75) is 13.0 Å². The van der Waals surface area contributed by atoms with E-state index in [0.29, 0.717) is 32.0 Å². The molecule has 1 saturated heterocycles. The Bertz CT molecular complexity index is 763. The molecule has 0 unspecified atom stereocenters. The standard InChI is InChI=1S/C19H21BrN2O4/c1-25-10-8-21(13-15-5-4-9-26-15)19(24)14-11-18(23)22(12-14)17-7-3-2-6-16(17)20/h2-7,9,14H,8,10-13H2,1H3/t14-/m0/s1. The van der Waals surface area contributed by atoms with Gasteiger partial charge in [0.2, 0.25) is 11.8 Å². The van der Waals surface area contributed by atoms with Crippen molar-refractivity contribution >= 4 is 33.4 Å². The summed E-state index contributed by atoms with van der Waals surface area (Å²) in [6.45, 7) is 1.63. The van der Waals surface area contributed by atoms with Crippen LogP contribution in [-0.4, -0.2) is 43.5 Å². The maximum Gasteiger partial charge on any atom is 0.228 e. The van der Waals surface area contributed by atoms with Gasteiger partial charge < -0.3 is 19.0 Å². The van der Waals surface area contributed by atoms with Gasteiger partial charge >= 0.3 is 0 Å². The Kier molecular flexibility index (Phi) is 6.11. The molecule has 1 aromatic heterocycles. The fourth-order valence-electron chi connectivity index (χ4n) is 3.09. The van der Waals surface area contributed by atoms with Gasteiger partial charge in [-0.2, -0.15) is 0 Å². The van der Waals surface area contributed by atoms with Crippen LogP contribution < -0.4 is 4.90 Å². The topological polar surface area (TPSA) is 63.0 Å². The monoisotopic (exact) mass is 420 g/mol. The normalized spacial score (nSPS) is 16.9. The number of ether oxygens (including phenoxy) is 1. The maximum absolute atomic E-state index is 13.0. The molecule has 7 heteroatoms. The molecule has 1 fully saturated rings. The number of nitrogens with zero attached hydrogens (tertiary/aromatic N) is 2. The van der Waals surface area contributed by atoms with Gasteiger partial charge in [0.05, 0.1) is 31.0 Å². The average Bonchev–Trinajstić information content (AvgIpc) is 3.28. The average molecular weight is 421 g/mol. The van der Waals surface area contributed by atoms with Crippen LogP contribution in [0.25, 0.3) is 0 Å². The van der Waals surface area contributed by atoms with Crippen LogP contribution in [0.3, 0.4) is 0 Å². The first-order valence-electron chi connectivity index (χ1n) is 8.45. The fourth-order valence-corrected chi connectivity index (χ4v) is 3.59. The van der Waals surface area contributed by atoms with E-state index >= 15 is 0 Å². The van der Waals surface area contributed by atoms with Gasteiger partial charge in [-0.15, -0.1) is 0 Å². The molecule has 0 aliphatic carbocycles. The quantitative estimate of drug-likeness (QED) is 0.690. The Hall–Kier alpha value is -2.12. The van der Waals surface area contributed by atoms with Crippen molar-refractivity contribution < 1.29 is 18.7 Å². The molecule has 0 saturated carbocycles. The first-order chi connectivity index (χ1) is 12.6. The molecule has 3 rings (SSSR count). The van der Waals surface area contributed by atoms with E-state index in [9.17, 15) is 9.59 Å². The number of carbonyl (C=O) groups is 2. The number of anilines is 1. The molecule has 26 heavy (non-hydrogen) atoms. The number of para-hydroxylation sites is 1. The molecule has 0 bridgehead atoms. The summed E-state index contributed by atoms with van der Waals surface area (Å²) >= 11 is 3.48. The molecule has 2 heterocycles. The minimum Gasteiger partial charge on any atom is -0.467 e. The van der Waals surface area contributed by atoms with E-state index in [1.807, 2.05) is 30.3 Å². The molecule has 0 N–H and O–H groups in total. The van der Waals surface area contributed by atoms with Crippen molar-refractivity contribution in [3.05, 3.63) is 52.9 Å². The molecule has 1 aliphatic heterocycles. The van der Waals surface area contributed by atoms with Gasteiger partial charge in [0.1, 0.15) is 5.76 Å². The fraction of sp³-hybridized carbons (Fsp3) is 0.368. The van der Waals surface area contributed by atoms with E-state index in [2.05, 4.69) is 15.9 Å². The number of furan rings is 1. The second-order valence-electron chi connectivity index (χ2n) is 6.19. The summed E-state index contributed by atoms with van der Waals surface area (Å²) in [5.41, 5.74) is 0.794.